The fourth-order valence-corrected chi connectivity index (χ4v) is 1.99. The first-order valence-electron chi connectivity index (χ1n) is 5.11. The van der Waals surface area contributed by atoms with Crippen molar-refractivity contribution in [3.8, 4) is 0 Å². The van der Waals surface area contributed by atoms with Gasteiger partial charge in [0.15, 0.2) is 0 Å². The molecule has 0 spiro atoms. The fraction of sp³-hybridized carbons (Fsp3) is 0.333. The molecule has 1 atom stereocenters. The highest BCUT2D eigenvalue weighted by Gasteiger charge is 2.06. The Morgan fingerprint density at radius 2 is 1.88 bits per heavy atom. The number of nitrogens with one attached hydrogen (secondary N) is 1. The number of halogens is 3. The monoisotopic (exact) mass is 277 g/mol. The van der Waals surface area contributed by atoms with E-state index in [9.17, 15) is 0 Å². The van der Waals surface area contributed by atoms with Gasteiger partial charge in [-0.25, -0.2) is 0 Å². The Labute approximate surface area is 111 Å². The first-order valence-corrected chi connectivity index (χ1v) is 6.24. The topological polar surface area (TPSA) is 12.0 Å². The third kappa shape index (κ3) is 3.67. The average Bonchev–Trinajstić information content (AvgIpc) is 2.24. The van der Waals surface area contributed by atoms with Gasteiger partial charge in [0.2, 0.25) is 0 Å². The van der Waals surface area contributed by atoms with E-state index in [0.717, 1.165) is 12.1 Å². The van der Waals surface area contributed by atoms with Gasteiger partial charge in [-0.1, -0.05) is 53.9 Å². The third-order valence-electron chi connectivity index (χ3n) is 2.16. The molecule has 0 saturated heterocycles. The number of likely N-dealkylation sites (N-methyl/N-ethyl adjacent to an activating group) is 1. The van der Waals surface area contributed by atoms with E-state index in [1.807, 2.05) is 12.2 Å². The number of hydrogen-bond donors (Lipinski definition) is 1. The largest absolute Gasteiger partial charge is 0.311 e. The number of benzene rings is 1. The summed E-state index contributed by atoms with van der Waals surface area (Å²) in [5.74, 6) is 0. The maximum Gasteiger partial charge on any atom is 0.0679 e. The molecule has 1 aromatic rings. The summed E-state index contributed by atoms with van der Waals surface area (Å²) in [4.78, 5) is 0. The first-order chi connectivity index (χ1) is 7.56. The van der Waals surface area contributed by atoms with Gasteiger partial charge in [0, 0.05) is 16.6 Å². The van der Waals surface area contributed by atoms with Crippen LogP contribution < -0.4 is 5.32 Å². The molecule has 0 saturated carbocycles. The van der Waals surface area contributed by atoms with E-state index < -0.39 is 0 Å². The van der Waals surface area contributed by atoms with Crippen LogP contribution in [0.15, 0.2) is 18.2 Å². The third-order valence-corrected chi connectivity index (χ3v) is 3.31. The zero-order valence-corrected chi connectivity index (χ0v) is 11.5. The molecule has 0 aliphatic rings. The van der Waals surface area contributed by atoms with E-state index in [-0.39, 0.29) is 6.04 Å². The van der Waals surface area contributed by atoms with E-state index >= 15 is 0 Å². The highest BCUT2D eigenvalue weighted by atomic mass is 35.5. The molecule has 1 aromatic carbocycles. The second-order valence-electron chi connectivity index (χ2n) is 3.46. The van der Waals surface area contributed by atoms with Crippen LogP contribution in [0.25, 0.3) is 6.08 Å². The second kappa shape index (κ2) is 6.51. The Morgan fingerprint density at radius 1 is 1.25 bits per heavy atom. The zero-order chi connectivity index (χ0) is 12.1. The van der Waals surface area contributed by atoms with Crippen molar-refractivity contribution in [2.75, 3.05) is 6.54 Å². The summed E-state index contributed by atoms with van der Waals surface area (Å²) in [6.45, 7) is 5.04. The Balaban J connectivity index is 2.92. The standard InChI is InChI=1S/C12H14Cl3N/c1-3-16-8(2)4-5-9-10(13)6-7-11(14)12(9)15/h4-8,16H,3H2,1-2H3/b5-4+. The molecule has 0 fully saturated rings. The first kappa shape index (κ1) is 13.9. The Morgan fingerprint density at radius 3 is 2.50 bits per heavy atom. The van der Waals surface area contributed by atoms with Crippen molar-refractivity contribution in [1.29, 1.82) is 0 Å². The van der Waals surface area contributed by atoms with Crippen LogP contribution in [0.5, 0.6) is 0 Å². The van der Waals surface area contributed by atoms with Crippen LogP contribution >= 0.6 is 34.8 Å². The van der Waals surface area contributed by atoms with Gasteiger partial charge in [-0.3, -0.25) is 0 Å². The molecule has 0 heterocycles. The lowest BCUT2D eigenvalue weighted by molar-refractivity contribution is 0.663. The van der Waals surface area contributed by atoms with Crippen LogP contribution in [0.3, 0.4) is 0 Å². The summed E-state index contributed by atoms with van der Waals surface area (Å²) in [6, 6.07) is 3.71. The van der Waals surface area contributed by atoms with Crippen molar-refractivity contribution in [3.05, 3.63) is 38.8 Å². The normalized spacial score (nSPS) is 13.3. The molecule has 16 heavy (non-hydrogen) atoms. The van der Waals surface area contributed by atoms with Crippen molar-refractivity contribution in [2.45, 2.75) is 19.9 Å². The molecular weight excluding hydrogens is 264 g/mol. The van der Waals surface area contributed by atoms with Gasteiger partial charge in [-0.15, -0.1) is 0 Å². The summed E-state index contributed by atoms with van der Waals surface area (Å²) < 4.78 is 0. The number of rotatable bonds is 4. The molecule has 0 radical (unpaired) electrons. The summed E-state index contributed by atoms with van der Waals surface area (Å²) in [6.07, 6.45) is 3.90. The van der Waals surface area contributed by atoms with Gasteiger partial charge >= 0.3 is 0 Å². The Bertz CT molecular complexity index is 388. The van der Waals surface area contributed by atoms with Gasteiger partial charge < -0.3 is 5.32 Å². The van der Waals surface area contributed by atoms with E-state index in [1.54, 1.807) is 12.1 Å². The van der Waals surface area contributed by atoms with Gasteiger partial charge in [-0.05, 0) is 25.6 Å². The second-order valence-corrected chi connectivity index (χ2v) is 4.65. The summed E-state index contributed by atoms with van der Waals surface area (Å²) in [5.41, 5.74) is 0.764. The quantitative estimate of drug-likeness (QED) is 0.790. The minimum atomic E-state index is 0.274. The Hall–Kier alpha value is -0.210. The molecule has 0 amide bonds. The molecule has 0 bridgehead atoms. The SMILES string of the molecule is CCNC(C)/C=C/c1c(Cl)ccc(Cl)c1Cl. The fourth-order valence-electron chi connectivity index (χ4n) is 1.33. The van der Waals surface area contributed by atoms with Gasteiger partial charge in [0.1, 0.15) is 0 Å². The van der Waals surface area contributed by atoms with Crippen molar-refractivity contribution < 1.29 is 0 Å². The lowest BCUT2D eigenvalue weighted by Crippen LogP contribution is -2.22. The molecule has 88 valence electrons. The van der Waals surface area contributed by atoms with Crippen molar-refractivity contribution >= 4 is 40.9 Å². The molecule has 0 aliphatic carbocycles. The maximum absolute atomic E-state index is 6.07. The molecular formula is C12H14Cl3N. The summed E-state index contributed by atoms with van der Waals surface area (Å²) in [5, 5.41) is 4.88. The van der Waals surface area contributed by atoms with E-state index in [0.29, 0.717) is 15.1 Å². The Kier molecular flexibility index (Phi) is 5.63. The predicted molar refractivity (Wildman–Crippen MR) is 73.6 cm³/mol. The highest BCUT2D eigenvalue weighted by Crippen LogP contribution is 2.32. The molecule has 1 nitrogen and oxygen atoms in total. The highest BCUT2D eigenvalue weighted by molar-refractivity contribution is 6.44. The molecule has 1 rings (SSSR count). The van der Waals surface area contributed by atoms with Crippen molar-refractivity contribution in [1.82, 2.24) is 5.32 Å². The molecule has 4 heteroatoms. The van der Waals surface area contributed by atoms with Gasteiger partial charge in [0.05, 0.1) is 10.0 Å². The van der Waals surface area contributed by atoms with Crippen LogP contribution in [-0.4, -0.2) is 12.6 Å². The molecule has 0 aliphatic heterocycles. The lowest BCUT2D eigenvalue weighted by Gasteiger charge is -2.07. The number of hydrogen-bond acceptors (Lipinski definition) is 1. The smallest absolute Gasteiger partial charge is 0.0679 e. The van der Waals surface area contributed by atoms with Crippen LogP contribution in [-0.2, 0) is 0 Å². The van der Waals surface area contributed by atoms with Crippen molar-refractivity contribution in [2.24, 2.45) is 0 Å². The minimum Gasteiger partial charge on any atom is -0.311 e. The van der Waals surface area contributed by atoms with Crippen LogP contribution in [0, 0.1) is 0 Å². The maximum atomic E-state index is 6.07. The van der Waals surface area contributed by atoms with Crippen LogP contribution in [0.4, 0.5) is 0 Å². The van der Waals surface area contributed by atoms with Crippen LogP contribution in [0.1, 0.15) is 19.4 Å². The molecule has 1 unspecified atom stereocenters. The zero-order valence-electron chi connectivity index (χ0n) is 9.23. The predicted octanol–water partition coefficient (Wildman–Crippen LogP) is 4.66. The minimum absolute atomic E-state index is 0.274. The van der Waals surface area contributed by atoms with Crippen LogP contribution in [0.2, 0.25) is 15.1 Å². The lowest BCUT2D eigenvalue weighted by atomic mass is 10.2. The average molecular weight is 279 g/mol. The summed E-state index contributed by atoms with van der Waals surface area (Å²) >= 11 is 18.0. The van der Waals surface area contributed by atoms with E-state index in [4.69, 9.17) is 34.8 Å². The van der Waals surface area contributed by atoms with Gasteiger partial charge in [-0.2, -0.15) is 0 Å². The van der Waals surface area contributed by atoms with Gasteiger partial charge in [0.25, 0.3) is 0 Å². The van der Waals surface area contributed by atoms with E-state index in [2.05, 4.69) is 19.2 Å². The van der Waals surface area contributed by atoms with E-state index in [1.165, 1.54) is 0 Å². The molecule has 0 aromatic heterocycles. The van der Waals surface area contributed by atoms with Crippen molar-refractivity contribution in [3.63, 3.8) is 0 Å². The summed E-state index contributed by atoms with van der Waals surface area (Å²) in [7, 11) is 0. The molecule has 1 N–H and O–H groups in total.